The molecule has 2 rings (SSSR count). The lowest BCUT2D eigenvalue weighted by Gasteiger charge is -2.36. The lowest BCUT2D eigenvalue weighted by Crippen LogP contribution is -2.49. The number of hydrogen-bond donors (Lipinski definition) is 1. The minimum Gasteiger partial charge on any atom is -0.373 e. The number of nitrogens with zero attached hydrogens (tertiary/aromatic N) is 1. The van der Waals surface area contributed by atoms with Gasteiger partial charge in [0, 0.05) is 24.8 Å². The lowest BCUT2D eigenvalue weighted by molar-refractivity contribution is -0.137. The summed E-state index contributed by atoms with van der Waals surface area (Å²) in [6.45, 7) is 3.66. The van der Waals surface area contributed by atoms with Gasteiger partial charge >= 0.3 is 6.18 Å². The van der Waals surface area contributed by atoms with Crippen molar-refractivity contribution >= 4 is 5.69 Å². The summed E-state index contributed by atoms with van der Waals surface area (Å²) in [4.78, 5) is 2.00. The van der Waals surface area contributed by atoms with Crippen LogP contribution in [-0.2, 0) is 10.9 Å². The van der Waals surface area contributed by atoms with E-state index in [-0.39, 0.29) is 12.1 Å². The molecular weight excluding hydrogens is 257 g/mol. The Morgan fingerprint density at radius 2 is 1.95 bits per heavy atom. The molecule has 1 fully saturated rings. The van der Waals surface area contributed by atoms with E-state index >= 15 is 0 Å². The van der Waals surface area contributed by atoms with Crippen molar-refractivity contribution in [2.24, 2.45) is 5.73 Å². The zero-order valence-corrected chi connectivity index (χ0v) is 10.7. The van der Waals surface area contributed by atoms with Crippen LogP contribution in [0.25, 0.3) is 0 Å². The molecule has 0 aliphatic carbocycles. The van der Waals surface area contributed by atoms with Gasteiger partial charge in [0.1, 0.15) is 0 Å². The third kappa shape index (κ3) is 3.39. The number of rotatable bonds is 2. The largest absolute Gasteiger partial charge is 0.416 e. The second-order valence-corrected chi connectivity index (χ2v) is 4.76. The molecule has 0 spiro atoms. The van der Waals surface area contributed by atoms with Crippen molar-refractivity contribution in [1.82, 2.24) is 0 Å². The highest BCUT2D eigenvalue weighted by atomic mass is 19.4. The Labute approximate surface area is 110 Å². The molecule has 1 saturated heterocycles. The summed E-state index contributed by atoms with van der Waals surface area (Å²) in [7, 11) is 0. The summed E-state index contributed by atoms with van der Waals surface area (Å²) in [5.74, 6) is 0. The molecule has 2 unspecified atom stereocenters. The maximum Gasteiger partial charge on any atom is 0.416 e. The Morgan fingerprint density at radius 3 is 2.47 bits per heavy atom. The van der Waals surface area contributed by atoms with Crippen LogP contribution in [0.15, 0.2) is 24.3 Å². The van der Waals surface area contributed by atoms with Crippen molar-refractivity contribution in [3.8, 4) is 0 Å². The summed E-state index contributed by atoms with van der Waals surface area (Å²) in [5, 5.41) is 0. The third-order valence-corrected chi connectivity index (χ3v) is 3.24. The second kappa shape index (κ2) is 5.38. The third-order valence-electron chi connectivity index (χ3n) is 3.24. The highest BCUT2D eigenvalue weighted by Gasteiger charge is 2.30. The molecule has 106 valence electrons. The molecule has 2 N–H and O–H groups in total. The normalized spacial score (nSPS) is 22.4. The fourth-order valence-electron chi connectivity index (χ4n) is 2.09. The molecule has 1 heterocycles. The van der Waals surface area contributed by atoms with Crippen molar-refractivity contribution in [1.29, 1.82) is 0 Å². The fraction of sp³-hybridized carbons (Fsp3) is 0.538. The highest BCUT2D eigenvalue weighted by Crippen LogP contribution is 2.30. The van der Waals surface area contributed by atoms with Crippen molar-refractivity contribution in [2.45, 2.75) is 25.2 Å². The average molecular weight is 274 g/mol. The van der Waals surface area contributed by atoms with Crippen LogP contribution in [0.2, 0.25) is 0 Å². The van der Waals surface area contributed by atoms with Crippen molar-refractivity contribution in [3.05, 3.63) is 29.8 Å². The molecule has 0 bridgehead atoms. The van der Waals surface area contributed by atoms with Crippen molar-refractivity contribution in [3.63, 3.8) is 0 Å². The highest BCUT2D eigenvalue weighted by molar-refractivity contribution is 5.48. The molecule has 0 aromatic heterocycles. The Balaban J connectivity index is 2.10. The Kier molecular flexibility index (Phi) is 4.01. The quantitative estimate of drug-likeness (QED) is 0.899. The number of halogens is 3. The topological polar surface area (TPSA) is 38.5 Å². The van der Waals surface area contributed by atoms with Gasteiger partial charge < -0.3 is 15.4 Å². The molecule has 6 heteroatoms. The number of ether oxygens (including phenoxy) is 1. The molecule has 3 nitrogen and oxygen atoms in total. The molecule has 2 atom stereocenters. The van der Waals surface area contributed by atoms with E-state index in [4.69, 9.17) is 10.5 Å². The van der Waals surface area contributed by atoms with Crippen LogP contribution >= 0.6 is 0 Å². The monoisotopic (exact) mass is 274 g/mol. The lowest BCUT2D eigenvalue weighted by atomic mass is 10.1. The van der Waals surface area contributed by atoms with E-state index in [9.17, 15) is 13.2 Å². The van der Waals surface area contributed by atoms with E-state index in [1.54, 1.807) is 0 Å². The van der Waals surface area contributed by atoms with E-state index in [1.165, 1.54) is 12.1 Å². The maximum atomic E-state index is 12.5. The summed E-state index contributed by atoms with van der Waals surface area (Å²) < 4.78 is 43.0. The number of morpholine rings is 1. The van der Waals surface area contributed by atoms with E-state index in [0.717, 1.165) is 17.8 Å². The van der Waals surface area contributed by atoms with E-state index < -0.39 is 11.7 Å². The summed E-state index contributed by atoms with van der Waals surface area (Å²) in [5.41, 5.74) is 5.92. The molecule has 1 aromatic rings. The zero-order valence-electron chi connectivity index (χ0n) is 10.7. The predicted octanol–water partition coefficient (Wildman–Crippen LogP) is 2.26. The van der Waals surface area contributed by atoms with Gasteiger partial charge in [-0.15, -0.1) is 0 Å². The second-order valence-electron chi connectivity index (χ2n) is 4.76. The first-order valence-corrected chi connectivity index (χ1v) is 6.17. The van der Waals surface area contributed by atoms with Crippen molar-refractivity contribution < 1.29 is 17.9 Å². The number of benzene rings is 1. The summed E-state index contributed by atoms with van der Waals surface area (Å²) in [6.07, 6.45) is -4.38. The first-order valence-electron chi connectivity index (χ1n) is 6.17. The van der Waals surface area contributed by atoms with Gasteiger partial charge in [-0.25, -0.2) is 0 Å². The minimum absolute atomic E-state index is 0.0870. The van der Waals surface area contributed by atoms with E-state index in [2.05, 4.69) is 0 Å². The van der Waals surface area contributed by atoms with Gasteiger partial charge in [-0.1, -0.05) is 0 Å². The van der Waals surface area contributed by atoms with Crippen LogP contribution in [-0.4, -0.2) is 31.8 Å². The van der Waals surface area contributed by atoms with Crippen LogP contribution in [0.4, 0.5) is 18.9 Å². The number of hydrogen-bond acceptors (Lipinski definition) is 3. The predicted molar refractivity (Wildman–Crippen MR) is 67.0 cm³/mol. The van der Waals surface area contributed by atoms with Gasteiger partial charge in [0.15, 0.2) is 0 Å². The first-order chi connectivity index (χ1) is 8.88. The summed E-state index contributed by atoms with van der Waals surface area (Å²) in [6, 6.07) is 5.09. The zero-order chi connectivity index (χ0) is 14.0. The van der Waals surface area contributed by atoms with Gasteiger partial charge in [0.05, 0.1) is 18.3 Å². The van der Waals surface area contributed by atoms with E-state index in [1.807, 2.05) is 11.8 Å². The van der Waals surface area contributed by atoms with Crippen LogP contribution in [0.5, 0.6) is 0 Å². The minimum atomic E-state index is -4.29. The average Bonchev–Trinajstić information content (AvgIpc) is 2.38. The fourth-order valence-corrected chi connectivity index (χ4v) is 2.09. The molecular formula is C13H17F3N2O. The molecule has 1 aromatic carbocycles. The van der Waals surface area contributed by atoms with Crippen molar-refractivity contribution in [2.75, 3.05) is 24.6 Å². The molecule has 0 radical (unpaired) electrons. The molecule has 0 saturated carbocycles. The summed E-state index contributed by atoms with van der Waals surface area (Å²) >= 11 is 0. The van der Waals surface area contributed by atoms with Crippen LogP contribution in [0, 0.1) is 0 Å². The van der Waals surface area contributed by atoms with Crippen LogP contribution in [0.3, 0.4) is 0 Å². The number of nitrogens with two attached hydrogens (primary N) is 1. The van der Waals surface area contributed by atoms with Gasteiger partial charge in [-0.3, -0.25) is 0 Å². The van der Waals surface area contributed by atoms with Crippen LogP contribution < -0.4 is 10.6 Å². The van der Waals surface area contributed by atoms with Gasteiger partial charge in [-0.05, 0) is 31.2 Å². The maximum absolute atomic E-state index is 12.5. The number of alkyl halides is 3. The Morgan fingerprint density at radius 1 is 1.32 bits per heavy atom. The van der Waals surface area contributed by atoms with Gasteiger partial charge in [0.25, 0.3) is 0 Å². The molecule has 0 amide bonds. The molecule has 1 aliphatic heterocycles. The number of anilines is 1. The van der Waals surface area contributed by atoms with Gasteiger partial charge in [0.2, 0.25) is 0 Å². The molecule has 1 aliphatic rings. The Bertz CT molecular complexity index is 417. The van der Waals surface area contributed by atoms with Gasteiger partial charge in [-0.2, -0.15) is 13.2 Å². The van der Waals surface area contributed by atoms with Crippen LogP contribution in [0.1, 0.15) is 12.5 Å². The smallest absolute Gasteiger partial charge is 0.373 e. The standard InChI is InChI=1S/C13H17F3N2O/c1-9(17)12-8-18(6-7-19-12)11-4-2-10(3-5-11)13(14,15)16/h2-5,9,12H,6-8,17H2,1H3. The Hall–Kier alpha value is -1.27. The van der Waals surface area contributed by atoms with E-state index in [0.29, 0.717) is 19.7 Å². The first kappa shape index (κ1) is 14.1. The molecule has 19 heavy (non-hydrogen) atoms. The SMILES string of the molecule is CC(N)C1CN(c2ccc(C(F)(F)F)cc2)CCO1.